The SMILES string of the molecule is CCCCCC(CCCCC)CC(=O)OCCCCCCCCC1(CCCCCCCCOC(=O)CC(CCCCC)CCCCC)OCC(CCN(C)C)O1. The van der Waals surface area contributed by atoms with E-state index in [0.717, 1.165) is 64.3 Å². The van der Waals surface area contributed by atoms with E-state index < -0.39 is 5.79 Å². The van der Waals surface area contributed by atoms with Crippen LogP contribution in [0.3, 0.4) is 0 Å². The minimum atomic E-state index is -0.421. The predicted octanol–water partition coefficient (Wildman–Crippen LogP) is 13.9. The van der Waals surface area contributed by atoms with E-state index in [4.69, 9.17) is 18.9 Å². The largest absolute Gasteiger partial charge is 0.466 e. The van der Waals surface area contributed by atoms with Crippen LogP contribution < -0.4 is 0 Å². The van der Waals surface area contributed by atoms with Gasteiger partial charge in [0.05, 0.1) is 25.9 Å². The zero-order chi connectivity index (χ0) is 41.0. The third-order valence-electron chi connectivity index (χ3n) is 12.0. The van der Waals surface area contributed by atoms with Crippen molar-refractivity contribution in [1.82, 2.24) is 4.90 Å². The van der Waals surface area contributed by atoms with Gasteiger partial charge in [-0.2, -0.15) is 0 Å². The minimum Gasteiger partial charge on any atom is -0.466 e. The van der Waals surface area contributed by atoms with Gasteiger partial charge in [0.15, 0.2) is 5.79 Å². The van der Waals surface area contributed by atoms with E-state index in [1.807, 2.05) is 0 Å². The Labute approximate surface area is 348 Å². The van der Waals surface area contributed by atoms with E-state index in [0.29, 0.717) is 44.5 Å². The highest BCUT2D eigenvalue weighted by atomic mass is 16.7. The molecule has 1 aliphatic heterocycles. The van der Waals surface area contributed by atoms with Crippen LogP contribution >= 0.6 is 0 Å². The van der Waals surface area contributed by atoms with Gasteiger partial charge in [-0.1, -0.05) is 156 Å². The number of carbonyl (C=O) groups excluding carboxylic acids is 2. The molecule has 0 aromatic rings. The first kappa shape index (κ1) is 52.8. The van der Waals surface area contributed by atoms with Gasteiger partial charge >= 0.3 is 11.9 Å². The molecule has 0 saturated carbocycles. The van der Waals surface area contributed by atoms with Gasteiger partial charge < -0.3 is 23.8 Å². The summed E-state index contributed by atoms with van der Waals surface area (Å²) >= 11 is 0. The first-order valence-electron chi connectivity index (χ1n) is 24.5. The molecule has 1 saturated heterocycles. The summed E-state index contributed by atoms with van der Waals surface area (Å²) in [6.07, 6.45) is 37.6. The van der Waals surface area contributed by atoms with E-state index >= 15 is 0 Å². The Bertz CT molecular complexity index is 820. The van der Waals surface area contributed by atoms with Crippen molar-refractivity contribution in [2.75, 3.05) is 40.5 Å². The first-order chi connectivity index (χ1) is 27.3. The van der Waals surface area contributed by atoms with Crippen LogP contribution in [0.15, 0.2) is 0 Å². The number of ether oxygens (including phenoxy) is 4. The van der Waals surface area contributed by atoms with Crippen molar-refractivity contribution in [1.29, 1.82) is 0 Å². The maximum atomic E-state index is 12.6. The molecule has 332 valence electrons. The van der Waals surface area contributed by atoms with Crippen molar-refractivity contribution in [2.45, 2.75) is 251 Å². The van der Waals surface area contributed by atoms with Gasteiger partial charge in [0.2, 0.25) is 0 Å². The van der Waals surface area contributed by atoms with Gasteiger partial charge in [-0.3, -0.25) is 9.59 Å². The highest BCUT2D eigenvalue weighted by Gasteiger charge is 2.40. The van der Waals surface area contributed by atoms with Crippen molar-refractivity contribution in [3.8, 4) is 0 Å². The molecule has 7 nitrogen and oxygen atoms in total. The van der Waals surface area contributed by atoms with Crippen molar-refractivity contribution in [2.24, 2.45) is 11.8 Å². The fourth-order valence-electron chi connectivity index (χ4n) is 8.35. The number of unbranched alkanes of at least 4 members (excludes halogenated alkanes) is 18. The molecule has 56 heavy (non-hydrogen) atoms. The van der Waals surface area contributed by atoms with E-state index in [1.54, 1.807) is 0 Å². The third kappa shape index (κ3) is 29.9. The summed E-state index contributed by atoms with van der Waals surface area (Å²) in [4.78, 5) is 27.3. The van der Waals surface area contributed by atoms with Crippen LogP contribution in [-0.4, -0.2) is 69.2 Å². The lowest BCUT2D eigenvalue weighted by atomic mass is 9.92. The van der Waals surface area contributed by atoms with Crippen LogP contribution in [0.1, 0.15) is 240 Å². The monoisotopic (exact) mass is 794 g/mol. The molecular formula is C49H95NO6. The van der Waals surface area contributed by atoms with E-state index in [2.05, 4.69) is 46.7 Å². The van der Waals surface area contributed by atoms with Gasteiger partial charge in [-0.25, -0.2) is 0 Å². The van der Waals surface area contributed by atoms with Gasteiger partial charge in [0, 0.05) is 32.2 Å². The maximum absolute atomic E-state index is 12.6. The number of nitrogens with zero attached hydrogens (tertiary/aromatic N) is 1. The van der Waals surface area contributed by atoms with Gasteiger partial charge in [0.1, 0.15) is 0 Å². The average molecular weight is 794 g/mol. The summed E-state index contributed by atoms with van der Waals surface area (Å²) in [5, 5.41) is 0. The average Bonchev–Trinajstić information content (AvgIpc) is 3.58. The lowest BCUT2D eigenvalue weighted by Gasteiger charge is -2.29. The van der Waals surface area contributed by atoms with Crippen molar-refractivity contribution < 1.29 is 28.5 Å². The molecule has 0 aromatic heterocycles. The third-order valence-corrected chi connectivity index (χ3v) is 12.0. The van der Waals surface area contributed by atoms with Gasteiger partial charge in [0.25, 0.3) is 0 Å². The second kappa shape index (κ2) is 36.9. The number of carbonyl (C=O) groups is 2. The molecule has 0 N–H and O–H groups in total. The fourth-order valence-corrected chi connectivity index (χ4v) is 8.35. The Morgan fingerprint density at radius 2 is 0.929 bits per heavy atom. The molecular weight excluding hydrogens is 699 g/mol. The molecule has 1 fully saturated rings. The Hall–Kier alpha value is -1.18. The lowest BCUT2D eigenvalue weighted by molar-refractivity contribution is -0.180. The molecule has 0 radical (unpaired) electrons. The van der Waals surface area contributed by atoms with Crippen LogP contribution in [0.5, 0.6) is 0 Å². The molecule has 1 aliphatic rings. The molecule has 0 amide bonds. The van der Waals surface area contributed by atoms with Crippen molar-refractivity contribution >= 4 is 11.9 Å². The Balaban J connectivity index is 2.29. The molecule has 1 rings (SSSR count). The molecule has 0 aliphatic carbocycles. The van der Waals surface area contributed by atoms with Crippen LogP contribution in [0, 0.1) is 11.8 Å². The molecule has 0 spiro atoms. The fraction of sp³-hybridized carbons (Fsp3) is 0.959. The van der Waals surface area contributed by atoms with Crippen LogP contribution in [0.2, 0.25) is 0 Å². The maximum Gasteiger partial charge on any atom is 0.306 e. The molecule has 0 aromatic carbocycles. The molecule has 1 heterocycles. The van der Waals surface area contributed by atoms with Crippen LogP contribution in [-0.2, 0) is 28.5 Å². The number of hydrogen-bond donors (Lipinski definition) is 0. The van der Waals surface area contributed by atoms with E-state index in [1.165, 1.54) is 141 Å². The van der Waals surface area contributed by atoms with E-state index in [-0.39, 0.29) is 18.0 Å². The van der Waals surface area contributed by atoms with Crippen molar-refractivity contribution in [3.63, 3.8) is 0 Å². The second-order valence-electron chi connectivity index (χ2n) is 17.9. The second-order valence-corrected chi connectivity index (χ2v) is 17.9. The first-order valence-corrected chi connectivity index (χ1v) is 24.5. The highest BCUT2D eigenvalue weighted by Crippen LogP contribution is 2.36. The summed E-state index contributed by atoms with van der Waals surface area (Å²) in [5.74, 6) is 0.603. The molecule has 0 bridgehead atoms. The summed E-state index contributed by atoms with van der Waals surface area (Å²) in [7, 11) is 4.25. The summed E-state index contributed by atoms with van der Waals surface area (Å²) < 4.78 is 24.5. The Morgan fingerprint density at radius 1 is 0.554 bits per heavy atom. The highest BCUT2D eigenvalue weighted by molar-refractivity contribution is 5.70. The molecule has 7 heteroatoms. The van der Waals surface area contributed by atoms with E-state index in [9.17, 15) is 9.59 Å². The smallest absolute Gasteiger partial charge is 0.306 e. The number of hydrogen-bond acceptors (Lipinski definition) is 7. The van der Waals surface area contributed by atoms with Crippen LogP contribution in [0.4, 0.5) is 0 Å². The molecule has 1 atom stereocenters. The summed E-state index contributed by atoms with van der Waals surface area (Å²) in [5.41, 5.74) is 0. The number of rotatable bonds is 41. The lowest BCUT2D eigenvalue weighted by Crippen LogP contribution is -2.31. The normalized spacial score (nSPS) is 15.4. The number of esters is 2. The van der Waals surface area contributed by atoms with Crippen LogP contribution in [0.25, 0.3) is 0 Å². The zero-order valence-electron chi connectivity index (χ0n) is 38.3. The quantitative estimate of drug-likeness (QED) is 0.0451. The predicted molar refractivity (Wildman–Crippen MR) is 236 cm³/mol. The Morgan fingerprint density at radius 3 is 1.30 bits per heavy atom. The molecule has 1 unspecified atom stereocenters. The Kier molecular flexibility index (Phi) is 34.8. The minimum absolute atomic E-state index is 0.0149. The summed E-state index contributed by atoms with van der Waals surface area (Å²) in [6, 6.07) is 0. The summed E-state index contributed by atoms with van der Waals surface area (Å²) in [6.45, 7) is 11.8. The zero-order valence-corrected chi connectivity index (χ0v) is 38.3. The standard InChI is InChI=1S/C49H95NO6/c1-7-11-23-31-44(32-24-12-8-2)41-47(51)53-39-29-21-17-15-19-27-36-49(55-43-46(56-49)35-38-50(5)6)37-28-20-16-18-22-30-40-54-48(52)42-45(33-25-13-9-3)34-26-14-10-4/h44-46H,7-43H2,1-6H3. The van der Waals surface area contributed by atoms with Gasteiger partial charge in [-0.15, -0.1) is 0 Å². The van der Waals surface area contributed by atoms with Crippen molar-refractivity contribution in [3.05, 3.63) is 0 Å². The van der Waals surface area contributed by atoms with Gasteiger partial charge in [-0.05, 0) is 83.7 Å². The topological polar surface area (TPSA) is 74.3 Å².